The Morgan fingerprint density at radius 2 is 1.77 bits per heavy atom. The van der Waals surface area contributed by atoms with Crippen LogP contribution in [0.2, 0.25) is 5.02 Å². The number of hydrogen-bond donors (Lipinski definition) is 1. The van der Waals surface area contributed by atoms with Crippen LogP contribution in [0.25, 0.3) is 0 Å². The summed E-state index contributed by atoms with van der Waals surface area (Å²) in [4.78, 5) is 10.1. The van der Waals surface area contributed by atoms with Gasteiger partial charge in [-0.1, -0.05) is 17.7 Å². The molecule has 0 heterocycles. The third-order valence-corrected chi connectivity index (χ3v) is 4.87. The van der Waals surface area contributed by atoms with Crippen LogP contribution < -0.4 is 4.72 Å². The van der Waals surface area contributed by atoms with E-state index >= 15 is 0 Å². The summed E-state index contributed by atoms with van der Waals surface area (Å²) in [5, 5.41) is 10.6. The molecule has 0 aromatic heterocycles. The van der Waals surface area contributed by atoms with E-state index in [1.54, 1.807) is 12.1 Å². The van der Waals surface area contributed by atoms with E-state index in [1.165, 1.54) is 18.2 Å². The lowest BCUT2D eigenvalue weighted by Gasteiger charge is -2.11. The molecule has 0 spiro atoms. The van der Waals surface area contributed by atoms with Gasteiger partial charge < -0.3 is 0 Å². The largest absolute Gasteiger partial charge is 0.278 e. The zero-order valence-corrected chi connectivity index (χ0v) is 13.4. The average Bonchev–Trinajstić information content (AvgIpc) is 2.43. The molecule has 0 saturated carbocycles. The van der Waals surface area contributed by atoms with E-state index < -0.39 is 14.9 Å². The van der Waals surface area contributed by atoms with Gasteiger partial charge in [-0.05, 0) is 43.2 Å². The minimum absolute atomic E-state index is 0.0402. The molecule has 0 bridgehead atoms. The number of nitrogens with zero attached hydrogens (tertiary/aromatic N) is 1. The molecule has 0 aliphatic rings. The molecular formula is C14H13ClN2O4S. The molecule has 0 aliphatic heterocycles. The van der Waals surface area contributed by atoms with Crippen LogP contribution in [0.3, 0.4) is 0 Å². The molecule has 0 fully saturated rings. The number of benzene rings is 2. The fraction of sp³-hybridized carbons (Fsp3) is 0.143. The molecule has 116 valence electrons. The molecule has 8 heteroatoms. The Morgan fingerprint density at radius 1 is 1.09 bits per heavy atom. The molecular weight excluding hydrogens is 328 g/mol. The van der Waals surface area contributed by atoms with Crippen molar-refractivity contribution < 1.29 is 13.3 Å². The second kappa shape index (κ2) is 5.94. The average molecular weight is 341 g/mol. The van der Waals surface area contributed by atoms with Gasteiger partial charge in [0.2, 0.25) is 0 Å². The Kier molecular flexibility index (Phi) is 4.39. The molecule has 2 aromatic carbocycles. The first-order chi connectivity index (χ1) is 10.2. The number of aryl methyl sites for hydroxylation is 2. The summed E-state index contributed by atoms with van der Waals surface area (Å²) in [6.45, 7) is 3.69. The number of nitrogens with one attached hydrogen (secondary N) is 1. The maximum atomic E-state index is 12.3. The normalized spacial score (nSPS) is 11.2. The minimum Gasteiger partial charge on any atom is -0.278 e. The first kappa shape index (κ1) is 16.3. The number of rotatable bonds is 4. The predicted molar refractivity (Wildman–Crippen MR) is 84.8 cm³/mol. The highest BCUT2D eigenvalue weighted by atomic mass is 35.5. The van der Waals surface area contributed by atoms with Gasteiger partial charge in [-0.3, -0.25) is 14.8 Å². The van der Waals surface area contributed by atoms with Crippen molar-refractivity contribution in [2.24, 2.45) is 0 Å². The number of sulfonamides is 1. The quantitative estimate of drug-likeness (QED) is 0.679. The van der Waals surface area contributed by atoms with E-state index in [0.29, 0.717) is 0 Å². The summed E-state index contributed by atoms with van der Waals surface area (Å²) >= 11 is 5.89. The third kappa shape index (κ3) is 3.37. The molecule has 0 radical (unpaired) electrons. The predicted octanol–water partition coefficient (Wildman–Crippen LogP) is 3.67. The van der Waals surface area contributed by atoms with Crippen LogP contribution in [0, 0.1) is 24.0 Å². The number of nitro benzene ring substituents is 1. The molecule has 0 unspecified atom stereocenters. The van der Waals surface area contributed by atoms with Gasteiger partial charge in [0.25, 0.3) is 15.7 Å². The van der Waals surface area contributed by atoms with E-state index in [-0.39, 0.29) is 21.3 Å². The van der Waals surface area contributed by atoms with E-state index in [4.69, 9.17) is 11.6 Å². The zero-order valence-electron chi connectivity index (χ0n) is 11.8. The van der Waals surface area contributed by atoms with Crippen LogP contribution in [0.4, 0.5) is 11.4 Å². The van der Waals surface area contributed by atoms with E-state index in [1.807, 2.05) is 13.8 Å². The van der Waals surface area contributed by atoms with Crippen LogP contribution >= 0.6 is 11.6 Å². The monoisotopic (exact) mass is 340 g/mol. The van der Waals surface area contributed by atoms with Gasteiger partial charge in [0.05, 0.1) is 20.5 Å². The highest BCUT2D eigenvalue weighted by Crippen LogP contribution is 2.28. The van der Waals surface area contributed by atoms with E-state index in [0.717, 1.165) is 17.2 Å². The highest BCUT2D eigenvalue weighted by Gasteiger charge is 2.18. The topological polar surface area (TPSA) is 89.3 Å². The van der Waals surface area contributed by atoms with Crippen molar-refractivity contribution in [2.45, 2.75) is 18.7 Å². The molecule has 0 aliphatic carbocycles. The van der Waals surface area contributed by atoms with Gasteiger partial charge in [-0.25, -0.2) is 8.42 Å². The summed E-state index contributed by atoms with van der Waals surface area (Å²) in [6.07, 6.45) is 0. The Morgan fingerprint density at radius 3 is 2.32 bits per heavy atom. The Bertz CT molecular complexity index is 850. The Labute approximate surface area is 132 Å². The van der Waals surface area contributed by atoms with E-state index in [2.05, 4.69) is 4.72 Å². The standard InChI is InChI=1S/C14H13ClN2O4S/c1-9-3-5-12(7-10(9)2)22(20,21)16-14-6-4-11(17(18)19)8-13(14)15/h3-8,16H,1-2H3. The molecule has 1 N–H and O–H groups in total. The summed E-state index contributed by atoms with van der Waals surface area (Å²) < 4.78 is 27.0. The number of anilines is 1. The van der Waals surface area contributed by atoms with Crippen molar-refractivity contribution in [2.75, 3.05) is 4.72 Å². The van der Waals surface area contributed by atoms with Crippen LogP contribution in [-0.2, 0) is 10.0 Å². The van der Waals surface area contributed by atoms with Crippen LogP contribution in [0.1, 0.15) is 11.1 Å². The van der Waals surface area contributed by atoms with Gasteiger partial charge in [-0.15, -0.1) is 0 Å². The van der Waals surface area contributed by atoms with Crippen LogP contribution in [0.5, 0.6) is 0 Å². The fourth-order valence-electron chi connectivity index (χ4n) is 1.79. The fourth-order valence-corrected chi connectivity index (χ4v) is 3.23. The second-order valence-electron chi connectivity index (χ2n) is 4.77. The molecule has 6 nitrogen and oxygen atoms in total. The molecule has 0 amide bonds. The Balaban J connectivity index is 2.36. The van der Waals surface area contributed by atoms with Gasteiger partial charge in [0.15, 0.2) is 0 Å². The van der Waals surface area contributed by atoms with Crippen LogP contribution in [0.15, 0.2) is 41.3 Å². The summed E-state index contributed by atoms with van der Waals surface area (Å²) in [5.41, 5.74) is 1.70. The number of non-ortho nitro benzene ring substituents is 1. The van der Waals surface area contributed by atoms with E-state index in [9.17, 15) is 18.5 Å². The second-order valence-corrected chi connectivity index (χ2v) is 6.86. The molecule has 2 rings (SSSR count). The molecule has 22 heavy (non-hydrogen) atoms. The maximum absolute atomic E-state index is 12.3. The first-order valence-corrected chi connectivity index (χ1v) is 8.11. The van der Waals surface area contributed by atoms with Crippen molar-refractivity contribution in [1.82, 2.24) is 0 Å². The van der Waals surface area contributed by atoms with Crippen molar-refractivity contribution >= 4 is 33.0 Å². The van der Waals surface area contributed by atoms with Gasteiger partial charge in [-0.2, -0.15) is 0 Å². The first-order valence-electron chi connectivity index (χ1n) is 6.25. The summed E-state index contributed by atoms with van der Waals surface area (Å²) in [5.74, 6) is 0. The summed E-state index contributed by atoms with van der Waals surface area (Å²) in [6, 6.07) is 8.30. The maximum Gasteiger partial charge on any atom is 0.271 e. The molecule has 0 atom stereocenters. The van der Waals surface area contributed by atoms with Crippen molar-refractivity contribution in [3.8, 4) is 0 Å². The van der Waals surface area contributed by atoms with Crippen molar-refractivity contribution in [1.29, 1.82) is 0 Å². The van der Waals surface area contributed by atoms with Gasteiger partial charge in [0, 0.05) is 12.1 Å². The van der Waals surface area contributed by atoms with Crippen LogP contribution in [-0.4, -0.2) is 13.3 Å². The lowest BCUT2D eigenvalue weighted by Crippen LogP contribution is -2.13. The van der Waals surface area contributed by atoms with Crippen molar-refractivity contribution in [3.05, 3.63) is 62.7 Å². The molecule has 0 saturated heterocycles. The SMILES string of the molecule is Cc1ccc(S(=O)(=O)Nc2ccc([N+](=O)[O-])cc2Cl)cc1C. The van der Waals surface area contributed by atoms with Gasteiger partial charge in [0.1, 0.15) is 0 Å². The van der Waals surface area contributed by atoms with Crippen molar-refractivity contribution in [3.63, 3.8) is 0 Å². The molecule has 2 aromatic rings. The Hall–Kier alpha value is -2.12. The zero-order chi connectivity index (χ0) is 16.5. The number of nitro groups is 1. The number of hydrogen-bond acceptors (Lipinski definition) is 4. The summed E-state index contributed by atoms with van der Waals surface area (Å²) in [7, 11) is -3.81. The lowest BCUT2D eigenvalue weighted by molar-refractivity contribution is -0.384. The lowest BCUT2D eigenvalue weighted by atomic mass is 10.1. The third-order valence-electron chi connectivity index (χ3n) is 3.20. The number of halogens is 1. The minimum atomic E-state index is -3.81. The highest BCUT2D eigenvalue weighted by molar-refractivity contribution is 7.92. The smallest absolute Gasteiger partial charge is 0.271 e. The van der Waals surface area contributed by atoms with Gasteiger partial charge >= 0.3 is 0 Å².